The second-order valence-electron chi connectivity index (χ2n) is 6.97. The summed E-state index contributed by atoms with van der Waals surface area (Å²) in [6, 6.07) is 25.9. The van der Waals surface area contributed by atoms with Crippen molar-refractivity contribution in [2.24, 2.45) is 0 Å². The Labute approximate surface area is 177 Å². The number of nitrogens with zero attached hydrogens (tertiary/aromatic N) is 1. The molecule has 0 saturated carbocycles. The normalized spacial score (nSPS) is 12.5. The Morgan fingerprint density at radius 1 is 0.900 bits per heavy atom. The van der Waals surface area contributed by atoms with Gasteiger partial charge in [-0.2, -0.15) is 0 Å². The van der Waals surface area contributed by atoms with E-state index in [-0.39, 0.29) is 6.61 Å². The first-order valence-corrected chi connectivity index (χ1v) is 11.5. The van der Waals surface area contributed by atoms with E-state index in [4.69, 9.17) is 4.84 Å². The van der Waals surface area contributed by atoms with Crippen LogP contribution >= 0.6 is 0 Å². The van der Waals surface area contributed by atoms with Crippen molar-refractivity contribution >= 4 is 15.7 Å². The highest BCUT2D eigenvalue weighted by atomic mass is 32.2. The molecule has 0 aliphatic carbocycles. The van der Waals surface area contributed by atoms with Gasteiger partial charge in [0.25, 0.3) is 10.0 Å². The van der Waals surface area contributed by atoms with E-state index in [9.17, 15) is 13.5 Å². The number of aliphatic hydroxyl groups is 1. The van der Waals surface area contributed by atoms with Crippen molar-refractivity contribution in [2.75, 3.05) is 17.3 Å². The summed E-state index contributed by atoms with van der Waals surface area (Å²) in [6.07, 6.45) is 0.383. The predicted molar refractivity (Wildman–Crippen MR) is 118 cm³/mol. The lowest BCUT2D eigenvalue weighted by molar-refractivity contribution is 0.135. The minimum Gasteiger partial charge on any atom is -0.387 e. The molecule has 0 radical (unpaired) electrons. The van der Waals surface area contributed by atoms with E-state index in [0.717, 1.165) is 21.9 Å². The lowest BCUT2D eigenvalue weighted by atomic mass is 10.1. The van der Waals surface area contributed by atoms with Crippen LogP contribution in [0.2, 0.25) is 0 Å². The van der Waals surface area contributed by atoms with Gasteiger partial charge in [0.2, 0.25) is 0 Å². The first-order valence-electron chi connectivity index (χ1n) is 9.63. The first kappa shape index (κ1) is 22.0. The zero-order valence-electron chi connectivity index (χ0n) is 16.8. The standard InChI is InChI=1S/C23H26N2O4S/c1-30(27,28)25(29-18-20-10-6-3-7-11-20)22-14-12-21(13-15-22)23(26)17-24-16-19-8-4-2-5-9-19/h2-15,23-24,26H,16-18H2,1H3. The third-order valence-electron chi connectivity index (χ3n) is 4.49. The van der Waals surface area contributed by atoms with Gasteiger partial charge in [0.1, 0.15) is 6.61 Å². The van der Waals surface area contributed by atoms with Gasteiger partial charge in [-0.25, -0.2) is 8.42 Å². The van der Waals surface area contributed by atoms with E-state index in [0.29, 0.717) is 24.3 Å². The van der Waals surface area contributed by atoms with Gasteiger partial charge < -0.3 is 10.4 Å². The molecule has 3 aromatic rings. The second kappa shape index (κ2) is 10.4. The molecule has 0 fully saturated rings. The Morgan fingerprint density at radius 2 is 1.47 bits per heavy atom. The number of hydrogen-bond acceptors (Lipinski definition) is 5. The molecule has 3 rings (SSSR count). The van der Waals surface area contributed by atoms with Crippen molar-refractivity contribution in [2.45, 2.75) is 19.3 Å². The van der Waals surface area contributed by atoms with Crippen molar-refractivity contribution in [3.8, 4) is 0 Å². The summed E-state index contributed by atoms with van der Waals surface area (Å²) in [7, 11) is -3.63. The van der Waals surface area contributed by atoms with Crippen molar-refractivity contribution in [3.05, 3.63) is 102 Å². The van der Waals surface area contributed by atoms with Crippen LogP contribution in [0.25, 0.3) is 0 Å². The van der Waals surface area contributed by atoms with Crippen molar-refractivity contribution < 1.29 is 18.4 Å². The number of aliphatic hydroxyl groups excluding tert-OH is 1. The van der Waals surface area contributed by atoms with Crippen molar-refractivity contribution in [1.29, 1.82) is 0 Å². The number of nitrogens with one attached hydrogen (secondary N) is 1. The SMILES string of the molecule is CS(=O)(=O)N(OCc1ccccc1)c1ccc(C(O)CNCc2ccccc2)cc1. The average molecular weight is 427 g/mol. The largest absolute Gasteiger partial charge is 0.387 e. The molecule has 0 amide bonds. The third-order valence-corrected chi connectivity index (χ3v) is 5.41. The summed E-state index contributed by atoms with van der Waals surface area (Å²) in [5.74, 6) is 0. The maximum absolute atomic E-state index is 12.2. The lowest BCUT2D eigenvalue weighted by Gasteiger charge is -2.22. The van der Waals surface area contributed by atoms with E-state index < -0.39 is 16.1 Å². The number of rotatable bonds is 10. The van der Waals surface area contributed by atoms with Gasteiger partial charge in [-0.05, 0) is 28.8 Å². The van der Waals surface area contributed by atoms with Gasteiger partial charge in [0.05, 0.1) is 18.0 Å². The molecule has 6 nitrogen and oxygen atoms in total. The number of anilines is 1. The van der Waals surface area contributed by atoms with Gasteiger partial charge >= 0.3 is 0 Å². The summed E-state index contributed by atoms with van der Waals surface area (Å²) in [5.41, 5.74) is 3.07. The number of benzene rings is 3. The summed E-state index contributed by atoms with van der Waals surface area (Å²) >= 11 is 0. The van der Waals surface area contributed by atoms with Crippen LogP contribution in [0, 0.1) is 0 Å². The van der Waals surface area contributed by atoms with Gasteiger partial charge in [0.15, 0.2) is 0 Å². The van der Waals surface area contributed by atoms with E-state index in [1.165, 1.54) is 0 Å². The summed E-state index contributed by atoms with van der Waals surface area (Å²) in [6.45, 7) is 1.17. The molecule has 0 bridgehead atoms. The molecular formula is C23H26N2O4S. The summed E-state index contributed by atoms with van der Waals surface area (Å²) < 4.78 is 25.3. The highest BCUT2D eigenvalue weighted by Gasteiger charge is 2.19. The molecule has 30 heavy (non-hydrogen) atoms. The number of sulfonamides is 1. The monoisotopic (exact) mass is 426 g/mol. The molecule has 158 valence electrons. The molecule has 0 heterocycles. The average Bonchev–Trinajstić information content (AvgIpc) is 2.75. The molecular weight excluding hydrogens is 400 g/mol. The minimum atomic E-state index is -3.63. The van der Waals surface area contributed by atoms with Gasteiger partial charge in [-0.15, -0.1) is 4.47 Å². The predicted octanol–water partition coefficient (Wildman–Crippen LogP) is 3.41. The highest BCUT2D eigenvalue weighted by Crippen LogP contribution is 2.22. The molecule has 0 aliphatic rings. The molecule has 0 spiro atoms. The van der Waals surface area contributed by atoms with Crippen LogP contribution in [0.1, 0.15) is 22.8 Å². The van der Waals surface area contributed by atoms with Crippen molar-refractivity contribution in [1.82, 2.24) is 5.32 Å². The van der Waals surface area contributed by atoms with Crippen LogP contribution < -0.4 is 9.79 Å². The van der Waals surface area contributed by atoms with E-state index in [1.54, 1.807) is 24.3 Å². The van der Waals surface area contributed by atoms with Gasteiger partial charge in [-0.1, -0.05) is 72.8 Å². The fraction of sp³-hybridized carbons (Fsp3) is 0.217. The Kier molecular flexibility index (Phi) is 7.59. The van der Waals surface area contributed by atoms with E-state index >= 15 is 0 Å². The Bertz CT molecular complexity index is 1010. The fourth-order valence-electron chi connectivity index (χ4n) is 2.95. The zero-order chi connectivity index (χ0) is 21.4. The quantitative estimate of drug-likeness (QED) is 0.486. The minimum absolute atomic E-state index is 0.127. The topological polar surface area (TPSA) is 78.9 Å². The summed E-state index contributed by atoms with van der Waals surface area (Å²) in [5, 5.41) is 13.6. The maximum Gasteiger partial charge on any atom is 0.254 e. The maximum atomic E-state index is 12.2. The molecule has 0 aliphatic heterocycles. The molecule has 7 heteroatoms. The number of hydrogen-bond donors (Lipinski definition) is 2. The molecule has 0 saturated heterocycles. The Balaban J connectivity index is 1.61. The summed E-state index contributed by atoms with van der Waals surface area (Å²) in [4.78, 5) is 5.56. The fourth-order valence-corrected chi connectivity index (χ4v) is 3.70. The molecule has 0 aromatic heterocycles. The highest BCUT2D eigenvalue weighted by molar-refractivity contribution is 7.91. The van der Waals surface area contributed by atoms with E-state index in [1.807, 2.05) is 60.7 Å². The van der Waals surface area contributed by atoms with Crippen LogP contribution in [0.4, 0.5) is 5.69 Å². The first-order chi connectivity index (χ1) is 14.4. The molecule has 1 atom stereocenters. The Morgan fingerprint density at radius 3 is 2.03 bits per heavy atom. The van der Waals surface area contributed by atoms with Crippen LogP contribution in [0.15, 0.2) is 84.9 Å². The zero-order valence-corrected chi connectivity index (χ0v) is 17.6. The lowest BCUT2D eigenvalue weighted by Crippen LogP contribution is -2.30. The van der Waals surface area contributed by atoms with Crippen LogP contribution in [0.3, 0.4) is 0 Å². The van der Waals surface area contributed by atoms with Crippen LogP contribution in [-0.4, -0.2) is 26.3 Å². The van der Waals surface area contributed by atoms with Gasteiger partial charge in [-0.3, -0.25) is 4.84 Å². The molecule has 3 aromatic carbocycles. The van der Waals surface area contributed by atoms with Crippen molar-refractivity contribution in [3.63, 3.8) is 0 Å². The third kappa shape index (κ3) is 6.40. The Hall–Kier alpha value is -2.71. The van der Waals surface area contributed by atoms with E-state index in [2.05, 4.69) is 5.32 Å². The van der Waals surface area contributed by atoms with Crippen LogP contribution in [-0.2, 0) is 28.0 Å². The van der Waals surface area contributed by atoms with Crippen LogP contribution in [0.5, 0.6) is 0 Å². The molecule has 1 unspecified atom stereocenters. The molecule has 2 N–H and O–H groups in total. The van der Waals surface area contributed by atoms with Gasteiger partial charge in [0, 0.05) is 13.1 Å². The smallest absolute Gasteiger partial charge is 0.254 e. The second-order valence-corrected chi connectivity index (χ2v) is 8.77.